The highest BCUT2D eigenvalue weighted by atomic mass is 32.2. The topological polar surface area (TPSA) is 83.5 Å². The number of nitrogens with one attached hydrogen (secondary N) is 1. The Balaban J connectivity index is 1.82. The van der Waals surface area contributed by atoms with E-state index in [1.807, 2.05) is 6.07 Å². The second-order valence-corrected chi connectivity index (χ2v) is 10.1. The van der Waals surface area contributed by atoms with E-state index in [-0.39, 0.29) is 6.42 Å². The zero-order valence-electron chi connectivity index (χ0n) is 15.1. The van der Waals surface area contributed by atoms with Crippen LogP contribution in [-0.2, 0) is 21.1 Å². The summed E-state index contributed by atoms with van der Waals surface area (Å²) in [4.78, 5) is 13.0. The molecule has 1 aromatic heterocycles. The average molecular weight is 396 g/mol. The fourth-order valence-corrected chi connectivity index (χ4v) is 4.46. The van der Waals surface area contributed by atoms with Crippen molar-refractivity contribution in [3.8, 4) is 10.4 Å². The third-order valence-corrected chi connectivity index (χ3v) is 7.72. The lowest BCUT2D eigenvalue weighted by atomic mass is 9.99. The Kier molecular flexibility index (Phi) is 6.97. The Hall–Kier alpha value is -1.70. The lowest BCUT2D eigenvalue weighted by molar-refractivity contribution is -0.131. The zero-order valence-corrected chi connectivity index (χ0v) is 16.7. The van der Waals surface area contributed by atoms with Gasteiger partial charge in [-0.2, -0.15) is 0 Å². The number of thiophene rings is 1. The van der Waals surface area contributed by atoms with Gasteiger partial charge in [0.2, 0.25) is 0 Å². The van der Waals surface area contributed by atoms with E-state index in [0.29, 0.717) is 6.42 Å². The number of carbonyl (C=O) groups is 1. The lowest BCUT2D eigenvalue weighted by Crippen LogP contribution is -2.49. The van der Waals surface area contributed by atoms with Crippen LogP contribution in [-0.4, -0.2) is 30.5 Å². The van der Waals surface area contributed by atoms with Gasteiger partial charge in [-0.1, -0.05) is 43.2 Å². The fraction of sp³-hybridized carbons (Fsp3) is 0.421. The SMILES string of the molecule is CC(CCCCCc1ccc(-c2cccs2)cc1)(C(=O)NO)S(C)(=O)=O. The number of unbranched alkanes of at least 4 members (excludes halogenated alkanes) is 2. The Morgan fingerprint density at radius 3 is 2.38 bits per heavy atom. The minimum absolute atomic E-state index is 0.190. The average Bonchev–Trinajstić information content (AvgIpc) is 3.14. The van der Waals surface area contributed by atoms with Gasteiger partial charge < -0.3 is 0 Å². The summed E-state index contributed by atoms with van der Waals surface area (Å²) in [6.07, 6.45) is 4.46. The van der Waals surface area contributed by atoms with Crippen LogP contribution in [0.3, 0.4) is 0 Å². The van der Waals surface area contributed by atoms with Crippen molar-refractivity contribution in [3.63, 3.8) is 0 Å². The van der Waals surface area contributed by atoms with Crippen LogP contribution in [0, 0.1) is 0 Å². The van der Waals surface area contributed by atoms with Crippen LogP contribution in [0.15, 0.2) is 41.8 Å². The summed E-state index contributed by atoms with van der Waals surface area (Å²) in [5.41, 5.74) is 3.93. The normalized spacial score (nSPS) is 14.0. The van der Waals surface area contributed by atoms with Crippen molar-refractivity contribution >= 4 is 27.1 Å². The van der Waals surface area contributed by atoms with Gasteiger partial charge in [0.1, 0.15) is 4.75 Å². The first kappa shape index (κ1) is 20.6. The van der Waals surface area contributed by atoms with E-state index in [1.165, 1.54) is 28.4 Å². The van der Waals surface area contributed by atoms with E-state index in [9.17, 15) is 13.2 Å². The summed E-state index contributed by atoms with van der Waals surface area (Å²) >= 11 is 1.72. The van der Waals surface area contributed by atoms with Gasteiger partial charge in [-0.05, 0) is 48.8 Å². The van der Waals surface area contributed by atoms with Crippen LogP contribution in [0.2, 0.25) is 0 Å². The minimum atomic E-state index is -3.61. The Morgan fingerprint density at radius 2 is 1.85 bits per heavy atom. The van der Waals surface area contributed by atoms with E-state index in [2.05, 4.69) is 35.7 Å². The molecule has 0 aliphatic rings. The number of amides is 1. The molecule has 1 amide bonds. The Morgan fingerprint density at radius 1 is 1.15 bits per heavy atom. The predicted molar refractivity (Wildman–Crippen MR) is 105 cm³/mol. The minimum Gasteiger partial charge on any atom is -0.289 e. The van der Waals surface area contributed by atoms with Crippen molar-refractivity contribution in [2.24, 2.45) is 0 Å². The lowest BCUT2D eigenvalue weighted by Gasteiger charge is -2.24. The van der Waals surface area contributed by atoms with Crippen molar-refractivity contribution in [3.05, 3.63) is 47.3 Å². The molecule has 26 heavy (non-hydrogen) atoms. The van der Waals surface area contributed by atoms with E-state index in [1.54, 1.807) is 11.3 Å². The molecule has 2 N–H and O–H groups in total. The molecule has 5 nitrogen and oxygen atoms in total. The van der Waals surface area contributed by atoms with Crippen LogP contribution in [0.4, 0.5) is 0 Å². The smallest absolute Gasteiger partial charge is 0.264 e. The first-order valence-corrected chi connectivity index (χ1v) is 11.3. The summed E-state index contributed by atoms with van der Waals surface area (Å²) in [6.45, 7) is 1.36. The standard InChI is InChI=1S/C19H25NO4S2/c1-19(18(21)20-22,26(2,23)24)13-5-3-4-7-15-9-11-16(12-10-15)17-8-6-14-25-17/h6,8-12,14,22H,3-5,7,13H2,1-2H3,(H,20,21). The molecule has 0 aliphatic heterocycles. The molecule has 1 aromatic carbocycles. The molecule has 7 heteroatoms. The molecule has 0 saturated carbocycles. The van der Waals surface area contributed by atoms with Gasteiger partial charge in [-0.25, -0.2) is 13.9 Å². The van der Waals surface area contributed by atoms with Gasteiger partial charge in [-0.3, -0.25) is 10.0 Å². The Bertz CT molecular complexity index is 814. The van der Waals surface area contributed by atoms with Crippen LogP contribution < -0.4 is 5.48 Å². The molecule has 0 radical (unpaired) electrons. The van der Waals surface area contributed by atoms with E-state index in [4.69, 9.17) is 5.21 Å². The number of hydroxylamine groups is 1. The van der Waals surface area contributed by atoms with Gasteiger partial charge in [0.15, 0.2) is 9.84 Å². The molecule has 2 rings (SSSR count). The molecular weight excluding hydrogens is 370 g/mol. The Labute approximate surface area is 158 Å². The maximum atomic E-state index is 11.9. The maximum absolute atomic E-state index is 11.9. The predicted octanol–water partition coefficient (Wildman–Crippen LogP) is 3.83. The van der Waals surface area contributed by atoms with Crippen LogP contribution >= 0.6 is 11.3 Å². The number of hydrogen-bond acceptors (Lipinski definition) is 5. The molecule has 1 heterocycles. The number of sulfone groups is 1. The summed E-state index contributed by atoms with van der Waals surface area (Å²) < 4.78 is 22.2. The van der Waals surface area contributed by atoms with Gasteiger partial charge in [-0.15, -0.1) is 11.3 Å². The van der Waals surface area contributed by atoms with E-state index in [0.717, 1.165) is 25.5 Å². The zero-order chi connectivity index (χ0) is 19.2. The third-order valence-electron chi connectivity index (χ3n) is 4.78. The summed E-state index contributed by atoms with van der Waals surface area (Å²) in [6, 6.07) is 12.6. The van der Waals surface area contributed by atoms with Gasteiger partial charge in [0.25, 0.3) is 5.91 Å². The van der Waals surface area contributed by atoms with Gasteiger partial charge in [0.05, 0.1) is 0 Å². The number of carbonyl (C=O) groups excluding carboxylic acids is 1. The van der Waals surface area contributed by atoms with Gasteiger partial charge >= 0.3 is 0 Å². The van der Waals surface area contributed by atoms with Crippen molar-refractivity contribution in [1.29, 1.82) is 0 Å². The number of benzene rings is 1. The van der Waals surface area contributed by atoms with Crippen molar-refractivity contribution < 1.29 is 18.4 Å². The molecule has 0 fully saturated rings. The van der Waals surface area contributed by atoms with Crippen LogP contribution in [0.1, 0.15) is 38.2 Å². The molecule has 1 atom stereocenters. The highest BCUT2D eigenvalue weighted by Gasteiger charge is 2.42. The number of rotatable bonds is 9. The molecule has 142 valence electrons. The van der Waals surface area contributed by atoms with Crippen molar-refractivity contribution in [2.75, 3.05) is 6.26 Å². The molecule has 0 saturated heterocycles. The number of aryl methyl sites for hydroxylation is 1. The number of hydrogen-bond donors (Lipinski definition) is 2. The van der Waals surface area contributed by atoms with Crippen molar-refractivity contribution in [1.82, 2.24) is 5.48 Å². The summed E-state index contributed by atoms with van der Waals surface area (Å²) in [7, 11) is -3.61. The van der Waals surface area contributed by atoms with Crippen LogP contribution in [0.25, 0.3) is 10.4 Å². The molecule has 1 unspecified atom stereocenters. The molecule has 0 bridgehead atoms. The van der Waals surface area contributed by atoms with E-state index >= 15 is 0 Å². The first-order chi connectivity index (χ1) is 12.3. The largest absolute Gasteiger partial charge is 0.289 e. The first-order valence-electron chi connectivity index (χ1n) is 8.55. The third kappa shape index (κ3) is 4.93. The quantitative estimate of drug-likeness (QED) is 0.384. The highest BCUT2D eigenvalue weighted by Crippen LogP contribution is 2.26. The second kappa shape index (κ2) is 8.79. The highest BCUT2D eigenvalue weighted by molar-refractivity contribution is 7.92. The van der Waals surface area contributed by atoms with Crippen LogP contribution in [0.5, 0.6) is 0 Å². The maximum Gasteiger partial charge on any atom is 0.264 e. The molecule has 0 aliphatic carbocycles. The van der Waals surface area contributed by atoms with Crippen molar-refractivity contribution in [2.45, 2.75) is 43.8 Å². The molecular formula is C19H25NO4S2. The fourth-order valence-electron chi connectivity index (χ4n) is 2.83. The summed E-state index contributed by atoms with van der Waals surface area (Å²) in [5.74, 6) is -0.871. The van der Waals surface area contributed by atoms with Gasteiger partial charge in [0, 0.05) is 11.1 Å². The van der Waals surface area contributed by atoms with E-state index < -0.39 is 20.5 Å². The summed E-state index contributed by atoms with van der Waals surface area (Å²) in [5, 5.41) is 10.9. The second-order valence-electron chi connectivity index (χ2n) is 6.68. The molecule has 0 spiro atoms. The molecule has 2 aromatic rings. The monoisotopic (exact) mass is 395 g/mol.